The summed E-state index contributed by atoms with van der Waals surface area (Å²) in [6, 6.07) is 1.88. The summed E-state index contributed by atoms with van der Waals surface area (Å²) < 4.78 is 0. The van der Waals surface area contributed by atoms with Crippen molar-refractivity contribution in [2.45, 2.75) is 0 Å². The van der Waals surface area contributed by atoms with Gasteiger partial charge in [0.25, 0.3) is 0 Å². The molecular weight excluding hydrogens is 100 g/mol. The van der Waals surface area contributed by atoms with E-state index in [1.165, 1.54) is 0 Å². The van der Waals surface area contributed by atoms with Gasteiger partial charge in [0.05, 0.1) is 5.69 Å². The van der Waals surface area contributed by atoms with Crippen molar-refractivity contribution >= 4 is 6.08 Å². The number of allylic oxidation sites excluding steroid dienone is 1. The molecule has 41 valence electrons. The Morgan fingerprint density at radius 1 is 1.75 bits per heavy atom. The first-order chi connectivity index (χ1) is 3.93. The van der Waals surface area contributed by atoms with Crippen LogP contribution >= 0.6 is 0 Å². The first kappa shape index (κ1) is 5.09. The Balaban J connectivity index is 2.77. The molecule has 1 aromatic rings. The molecule has 1 N–H and O–H groups in total. The summed E-state index contributed by atoms with van der Waals surface area (Å²) >= 11 is 0. The van der Waals surface area contributed by atoms with Gasteiger partial charge in [0.15, 0.2) is 0 Å². The van der Waals surface area contributed by atoms with E-state index in [2.05, 4.69) is 17.1 Å². The number of rotatable bonds is 1. The van der Waals surface area contributed by atoms with Gasteiger partial charge < -0.3 is 0 Å². The van der Waals surface area contributed by atoms with Gasteiger partial charge in [-0.2, -0.15) is 5.10 Å². The van der Waals surface area contributed by atoms with E-state index in [0.717, 1.165) is 5.69 Å². The lowest BCUT2D eigenvalue weighted by molar-refractivity contribution is 1.08. The van der Waals surface area contributed by atoms with Gasteiger partial charge in [0.1, 0.15) is 0 Å². The molecule has 1 aromatic heterocycles. The molecule has 0 aromatic carbocycles. The van der Waals surface area contributed by atoms with Crippen LogP contribution in [0.15, 0.2) is 18.3 Å². The standard InChI is InChI=1S/C6H7N2/c1-2-3-6-4-5-7-8-6/h2-5H,1H2,(H,7,8). The minimum atomic E-state index is 0.917. The molecule has 0 aliphatic carbocycles. The third-order valence-corrected chi connectivity index (χ3v) is 0.811. The van der Waals surface area contributed by atoms with Crippen LogP contribution in [0.25, 0.3) is 6.08 Å². The van der Waals surface area contributed by atoms with Crippen LogP contribution in [0.4, 0.5) is 0 Å². The lowest BCUT2D eigenvalue weighted by atomic mass is 10.4. The number of H-pyrrole nitrogens is 1. The molecule has 0 unspecified atom stereocenters. The third-order valence-electron chi connectivity index (χ3n) is 0.811. The maximum atomic E-state index is 3.85. The van der Waals surface area contributed by atoms with Gasteiger partial charge in [-0.25, -0.2) is 0 Å². The molecule has 0 saturated carbocycles. The van der Waals surface area contributed by atoms with Crippen LogP contribution in [0.5, 0.6) is 0 Å². The fourth-order valence-corrected chi connectivity index (χ4v) is 0.485. The van der Waals surface area contributed by atoms with Gasteiger partial charge in [-0.05, 0) is 19.1 Å². The highest BCUT2D eigenvalue weighted by Gasteiger charge is 1.81. The van der Waals surface area contributed by atoms with Crippen LogP contribution in [0, 0.1) is 6.92 Å². The van der Waals surface area contributed by atoms with E-state index in [0.29, 0.717) is 0 Å². The molecule has 2 heteroatoms. The lowest BCUT2D eigenvalue weighted by Crippen LogP contribution is -1.67. The van der Waals surface area contributed by atoms with Crippen molar-refractivity contribution in [3.8, 4) is 0 Å². The first-order valence-electron chi connectivity index (χ1n) is 2.39. The predicted octanol–water partition coefficient (Wildman–Crippen LogP) is 1.26. The molecule has 0 aliphatic heterocycles. The molecule has 1 heterocycles. The van der Waals surface area contributed by atoms with E-state index in [9.17, 15) is 0 Å². The summed E-state index contributed by atoms with van der Waals surface area (Å²) in [6.07, 6.45) is 5.31. The molecule has 0 bridgehead atoms. The van der Waals surface area contributed by atoms with Crippen LogP contribution in [-0.2, 0) is 0 Å². The second-order valence-corrected chi connectivity index (χ2v) is 1.40. The van der Waals surface area contributed by atoms with Gasteiger partial charge in [0, 0.05) is 6.20 Å². The van der Waals surface area contributed by atoms with E-state index in [4.69, 9.17) is 0 Å². The van der Waals surface area contributed by atoms with Crippen LogP contribution in [-0.4, -0.2) is 10.2 Å². The van der Waals surface area contributed by atoms with Gasteiger partial charge in [-0.1, -0.05) is 6.08 Å². The van der Waals surface area contributed by atoms with Crippen molar-refractivity contribution in [2.24, 2.45) is 0 Å². The summed E-state index contributed by atoms with van der Waals surface area (Å²) in [7, 11) is 0. The van der Waals surface area contributed by atoms with Crippen LogP contribution in [0.3, 0.4) is 0 Å². The molecule has 0 atom stereocenters. The Bertz CT molecular complexity index is 163. The zero-order chi connectivity index (χ0) is 5.82. The zero-order valence-electron chi connectivity index (χ0n) is 4.46. The van der Waals surface area contributed by atoms with E-state index < -0.39 is 0 Å². The number of nitrogens with one attached hydrogen (secondary N) is 1. The summed E-state index contributed by atoms with van der Waals surface area (Å²) in [6.45, 7) is 3.53. The highest BCUT2D eigenvalue weighted by atomic mass is 15.1. The monoisotopic (exact) mass is 107 g/mol. The Morgan fingerprint density at radius 2 is 2.62 bits per heavy atom. The lowest BCUT2D eigenvalue weighted by Gasteiger charge is -1.73. The highest BCUT2D eigenvalue weighted by Crippen LogP contribution is 1.92. The molecule has 0 saturated heterocycles. The molecular formula is C6H7N2. The number of nitrogens with zero attached hydrogens (tertiary/aromatic N) is 1. The molecule has 1 rings (SSSR count). The summed E-state index contributed by atoms with van der Waals surface area (Å²) in [4.78, 5) is 0. The summed E-state index contributed by atoms with van der Waals surface area (Å²) in [5.41, 5.74) is 0.917. The second kappa shape index (κ2) is 2.31. The summed E-state index contributed by atoms with van der Waals surface area (Å²) in [5.74, 6) is 0. The Hall–Kier alpha value is -1.05. The van der Waals surface area contributed by atoms with E-state index in [-0.39, 0.29) is 0 Å². The Kier molecular flexibility index (Phi) is 1.47. The number of aromatic amines is 1. The van der Waals surface area contributed by atoms with Gasteiger partial charge in [0.2, 0.25) is 0 Å². The second-order valence-electron chi connectivity index (χ2n) is 1.40. The average Bonchev–Trinajstić information content (AvgIpc) is 2.19. The quantitative estimate of drug-likeness (QED) is 0.575. The van der Waals surface area contributed by atoms with Crippen molar-refractivity contribution in [2.75, 3.05) is 0 Å². The first-order valence-corrected chi connectivity index (χ1v) is 2.39. The Labute approximate surface area is 48.2 Å². The molecule has 0 fully saturated rings. The predicted molar refractivity (Wildman–Crippen MR) is 33.0 cm³/mol. The normalized spacial score (nSPS) is 10.6. The molecule has 0 aliphatic rings. The molecule has 2 nitrogen and oxygen atoms in total. The van der Waals surface area contributed by atoms with Gasteiger partial charge in [-0.15, -0.1) is 0 Å². The fraction of sp³-hybridized carbons (Fsp3) is 0. The van der Waals surface area contributed by atoms with E-state index in [1.807, 2.05) is 12.1 Å². The van der Waals surface area contributed by atoms with Crippen molar-refractivity contribution in [1.82, 2.24) is 10.2 Å². The van der Waals surface area contributed by atoms with Crippen LogP contribution in [0.1, 0.15) is 5.69 Å². The van der Waals surface area contributed by atoms with Crippen molar-refractivity contribution in [3.63, 3.8) is 0 Å². The fourth-order valence-electron chi connectivity index (χ4n) is 0.485. The SMILES string of the molecule is [CH2]C=Cc1cc[nH]n1. The zero-order valence-corrected chi connectivity index (χ0v) is 4.46. The smallest absolute Gasteiger partial charge is 0.0845 e. The van der Waals surface area contributed by atoms with Gasteiger partial charge in [-0.3, -0.25) is 5.10 Å². The average molecular weight is 107 g/mol. The van der Waals surface area contributed by atoms with Crippen LogP contribution < -0.4 is 0 Å². The molecule has 0 spiro atoms. The van der Waals surface area contributed by atoms with Crippen LogP contribution in [0.2, 0.25) is 0 Å². The highest BCUT2D eigenvalue weighted by molar-refractivity contribution is 5.43. The number of hydrogen-bond acceptors (Lipinski definition) is 1. The van der Waals surface area contributed by atoms with Crippen molar-refractivity contribution < 1.29 is 0 Å². The maximum Gasteiger partial charge on any atom is 0.0845 e. The van der Waals surface area contributed by atoms with E-state index >= 15 is 0 Å². The summed E-state index contributed by atoms with van der Waals surface area (Å²) in [5, 5.41) is 6.54. The number of aromatic nitrogens is 2. The largest absolute Gasteiger partial charge is 0.285 e. The van der Waals surface area contributed by atoms with Gasteiger partial charge >= 0.3 is 0 Å². The minimum Gasteiger partial charge on any atom is -0.285 e. The minimum absolute atomic E-state index is 0.917. The maximum absolute atomic E-state index is 3.85. The molecule has 1 radical (unpaired) electrons. The molecule has 8 heavy (non-hydrogen) atoms. The van der Waals surface area contributed by atoms with E-state index in [1.54, 1.807) is 12.3 Å². The molecule has 0 amide bonds. The third kappa shape index (κ3) is 0.964. The van der Waals surface area contributed by atoms with Crippen molar-refractivity contribution in [1.29, 1.82) is 0 Å². The number of hydrogen-bond donors (Lipinski definition) is 1. The topological polar surface area (TPSA) is 28.7 Å². The Morgan fingerprint density at radius 3 is 3.12 bits per heavy atom. The van der Waals surface area contributed by atoms with Crippen molar-refractivity contribution in [3.05, 3.63) is 31.0 Å².